The van der Waals surface area contributed by atoms with E-state index in [1.165, 1.54) is 0 Å². The van der Waals surface area contributed by atoms with Crippen molar-refractivity contribution in [1.82, 2.24) is 10.9 Å². The van der Waals surface area contributed by atoms with Gasteiger partial charge in [-0.2, -0.15) is 0 Å². The molecule has 0 spiro atoms. The Balaban J connectivity index is 1.33. The molecule has 0 radical (unpaired) electrons. The summed E-state index contributed by atoms with van der Waals surface area (Å²) in [4.78, 5) is 38.0. The molecule has 2 amide bonds. The van der Waals surface area contributed by atoms with Gasteiger partial charge < -0.3 is 9.15 Å². The summed E-state index contributed by atoms with van der Waals surface area (Å²) in [6.07, 6.45) is 2.62. The first-order valence-corrected chi connectivity index (χ1v) is 10.4. The van der Waals surface area contributed by atoms with Crippen molar-refractivity contribution in [2.75, 3.05) is 0 Å². The third-order valence-corrected chi connectivity index (χ3v) is 7.66. The van der Waals surface area contributed by atoms with Crippen molar-refractivity contribution in [2.24, 2.45) is 10.8 Å². The highest BCUT2D eigenvalue weighted by molar-refractivity contribution is 6.08. The van der Waals surface area contributed by atoms with Crippen LogP contribution in [0, 0.1) is 10.8 Å². The zero-order valence-corrected chi connectivity index (χ0v) is 17.7. The van der Waals surface area contributed by atoms with Crippen LogP contribution in [0.3, 0.4) is 0 Å². The number of carbonyl (C=O) groups is 3. The van der Waals surface area contributed by atoms with E-state index < -0.39 is 22.3 Å². The first-order chi connectivity index (χ1) is 14.7. The minimum atomic E-state index is -1.27. The normalized spacial score (nSPS) is 26.2. The number of nitrogens with one attached hydrogen (secondary N) is 2. The van der Waals surface area contributed by atoms with Crippen LogP contribution in [0.1, 0.15) is 39.2 Å². The number of furan rings is 1. The number of hydrazine groups is 1. The number of rotatable bonds is 3. The fourth-order valence-corrected chi connectivity index (χ4v) is 5.20. The van der Waals surface area contributed by atoms with E-state index in [0.717, 1.165) is 21.7 Å². The molecule has 5 rings (SSSR count). The number of ether oxygens (including phenoxy) is 1. The van der Waals surface area contributed by atoms with Gasteiger partial charge in [0.2, 0.25) is 5.91 Å². The first kappa shape index (κ1) is 19.6. The quantitative estimate of drug-likeness (QED) is 0.500. The molecule has 2 aromatic carbocycles. The Labute approximate surface area is 179 Å². The van der Waals surface area contributed by atoms with E-state index in [2.05, 4.69) is 10.9 Å². The molecular weight excluding hydrogens is 396 g/mol. The molecule has 7 heteroatoms. The Morgan fingerprint density at radius 3 is 2.52 bits per heavy atom. The van der Waals surface area contributed by atoms with Crippen molar-refractivity contribution in [3.63, 3.8) is 0 Å². The second-order valence-corrected chi connectivity index (χ2v) is 9.27. The highest BCUT2D eigenvalue weighted by Gasteiger charge is 2.75. The van der Waals surface area contributed by atoms with E-state index in [1.54, 1.807) is 6.26 Å². The van der Waals surface area contributed by atoms with Crippen LogP contribution in [0.2, 0.25) is 0 Å². The molecule has 2 bridgehead atoms. The third-order valence-electron chi connectivity index (χ3n) is 7.66. The summed E-state index contributed by atoms with van der Waals surface area (Å²) in [6, 6.07) is 11.8. The van der Waals surface area contributed by atoms with Crippen LogP contribution in [0.15, 0.2) is 47.1 Å². The zero-order chi connectivity index (χ0) is 22.0. The van der Waals surface area contributed by atoms with Gasteiger partial charge in [0.15, 0.2) is 5.60 Å². The lowest BCUT2D eigenvalue weighted by molar-refractivity contribution is -0.168. The van der Waals surface area contributed by atoms with E-state index >= 15 is 0 Å². The van der Waals surface area contributed by atoms with Crippen molar-refractivity contribution >= 4 is 39.5 Å². The number of amides is 2. The Morgan fingerprint density at radius 2 is 1.81 bits per heavy atom. The number of benzene rings is 2. The topological polar surface area (TPSA) is 97.6 Å². The second-order valence-electron chi connectivity index (χ2n) is 9.27. The molecule has 1 saturated carbocycles. The number of hydrogen-bond donors (Lipinski definition) is 2. The molecule has 2 atom stereocenters. The molecule has 7 nitrogen and oxygen atoms in total. The fraction of sp³-hybridized carbons (Fsp3) is 0.375. The monoisotopic (exact) mass is 420 g/mol. The largest absolute Gasteiger partial charge is 0.464 e. The molecule has 1 saturated heterocycles. The predicted octanol–water partition coefficient (Wildman–Crippen LogP) is 3.40. The van der Waals surface area contributed by atoms with Crippen LogP contribution in [0.25, 0.3) is 21.7 Å². The van der Waals surface area contributed by atoms with E-state index in [4.69, 9.17) is 9.15 Å². The summed E-state index contributed by atoms with van der Waals surface area (Å²) in [7, 11) is 0. The van der Waals surface area contributed by atoms with Gasteiger partial charge in [0.05, 0.1) is 18.1 Å². The summed E-state index contributed by atoms with van der Waals surface area (Å²) >= 11 is 0. The summed E-state index contributed by atoms with van der Waals surface area (Å²) in [5.41, 5.74) is 3.75. The first-order valence-electron chi connectivity index (χ1n) is 10.4. The minimum absolute atomic E-state index is 0.0369. The predicted molar refractivity (Wildman–Crippen MR) is 114 cm³/mol. The van der Waals surface area contributed by atoms with Gasteiger partial charge in [-0.3, -0.25) is 25.2 Å². The van der Waals surface area contributed by atoms with E-state index in [0.29, 0.717) is 18.4 Å². The van der Waals surface area contributed by atoms with Crippen molar-refractivity contribution < 1.29 is 23.5 Å². The van der Waals surface area contributed by atoms with Crippen LogP contribution in [-0.4, -0.2) is 23.4 Å². The second kappa shape index (κ2) is 6.33. The maximum Gasteiger partial charge on any atom is 0.313 e. The van der Waals surface area contributed by atoms with Crippen LogP contribution in [-0.2, 0) is 25.5 Å². The Bertz CT molecular complexity index is 1260. The summed E-state index contributed by atoms with van der Waals surface area (Å²) in [6.45, 7) is 5.58. The van der Waals surface area contributed by atoms with Gasteiger partial charge in [0.1, 0.15) is 5.58 Å². The van der Waals surface area contributed by atoms with Crippen molar-refractivity contribution in [3.8, 4) is 0 Å². The lowest BCUT2D eigenvalue weighted by Gasteiger charge is -2.35. The van der Waals surface area contributed by atoms with Gasteiger partial charge in [0, 0.05) is 16.4 Å². The highest BCUT2D eigenvalue weighted by atomic mass is 16.6. The minimum Gasteiger partial charge on any atom is -0.464 e. The molecule has 160 valence electrons. The summed E-state index contributed by atoms with van der Waals surface area (Å²) in [5.74, 6) is -1.24. The molecule has 2 aliphatic rings. The lowest BCUT2D eigenvalue weighted by Crippen LogP contribution is -2.57. The number of hydrogen-bond acceptors (Lipinski definition) is 5. The maximum absolute atomic E-state index is 13.0. The molecule has 1 aromatic heterocycles. The van der Waals surface area contributed by atoms with Gasteiger partial charge >= 0.3 is 5.97 Å². The van der Waals surface area contributed by atoms with Crippen molar-refractivity contribution in [3.05, 3.63) is 48.2 Å². The molecule has 3 aromatic rings. The van der Waals surface area contributed by atoms with Crippen LogP contribution in [0.4, 0.5) is 0 Å². The van der Waals surface area contributed by atoms with Crippen molar-refractivity contribution in [1.29, 1.82) is 0 Å². The fourth-order valence-electron chi connectivity index (χ4n) is 5.20. The highest BCUT2D eigenvalue weighted by Crippen LogP contribution is 2.65. The Kier molecular flexibility index (Phi) is 4.00. The maximum atomic E-state index is 13.0. The van der Waals surface area contributed by atoms with Crippen LogP contribution >= 0.6 is 0 Å². The molecule has 31 heavy (non-hydrogen) atoms. The van der Waals surface area contributed by atoms with E-state index in [-0.39, 0.29) is 18.3 Å². The zero-order valence-electron chi connectivity index (χ0n) is 17.7. The number of carbonyl (C=O) groups excluding carboxylic acids is 3. The van der Waals surface area contributed by atoms with Gasteiger partial charge in [-0.1, -0.05) is 44.2 Å². The SMILES string of the molecule is CC12CCC(C(=O)NNC(=O)Cc3coc4ccc5ccccc5c34)(OC1=O)C2(C)C. The Morgan fingerprint density at radius 1 is 1.03 bits per heavy atom. The van der Waals surface area contributed by atoms with Crippen LogP contribution < -0.4 is 10.9 Å². The average molecular weight is 420 g/mol. The standard InChI is InChI=1S/C24H24N2O5/c1-22(2)23(3)10-11-24(22,31-21(23)29)20(28)26-25-18(27)12-15-13-30-17-9-8-14-6-4-5-7-16(14)19(15)17/h4-9,13H,10-12H2,1-3H3,(H,25,27)(H,26,28). The molecular formula is C24H24N2O5. The molecule has 2 heterocycles. The van der Waals surface area contributed by atoms with Gasteiger partial charge in [-0.25, -0.2) is 0 Å². The van der Waals surface area contributed by atoms with E-state index in [1.807, 2.05) is 57.2 Å². The number of esters is 1. The van der Waals surface area contributed by atoms with Gasteiger partial charge in [0.25, 0.3) is 5.91 Å². The van der Waals surface area contributed by atoms with Crippen molar-refractivity contribution in [2.45, 2.75) is 45.6 Å². The van der Waals surface area contributed by atoms with E-state index in [9.17, 15) is 14.4 Å². The summed E-state index contributed by atoms with van der Waals surface area (Å²) < 4.78 is 11.2. The molecule has 1 aliphatic heterocycles. The Hall–Kier alpha value is -3.35. The van der Waals surface area contributed by atoms with Crippen LogP contribution in [0.5, 0.6) is 0 Å². The lowest BCUT2D eigenvalue weighted by atomic mass is 9.66. The summed E-state index contributed by atoms with van der Waals surface area (Å²) in [5, 5.41) is 2.94. The van der Waals surface area contributed by atoms with Gasteiger partial charge in [-0.15, -0.1) is 0 Å². The average Bonchev–Trinajstić information content (AvgIpc) is 3.29. The molecule has 2 fully saturated rings. The van der Waals surface area contributed by atoms with Gasteiger partial charge in [-0.05, 0) is 36.6 Å². The molecule has 2 unspecified atom stereocenters. The molecule has 2 N–H and O–H groups in total. The molecule has 1 aliphatic carbocycles. The smallest absolute Gasteiger partial charge is 0.313 e. The third kappa shape index (κ3) is 2.49. The number of fused-ring (bicyclic) bond motifs is 5.